The van der Waals surface area contributed by atoms with Gasteiger partial charge in [-0.1, -0.05) is 18.2 Å². The predicted molar refractivity (Wildman–Crippen MR) is 116 cm³/mol. The molecule has 0 radical (unpaired) electrons. The van der Waals surface area contributed by atoms with Crippen molar-refractivity contribution in [3.63, 3.8) is 0 Å². The Morgan fingerprint density at radius 2 is 1.88 bits per heavy atom. The van der Waals surface area contributed by atoms with E-state index in [0.717, 1.165) is 4.68 Å². The normalized spacial score (nSPS) is 11.0. The van der Waals surface area contributed by atoms with Crippen molar-refractivity contribution < 1.29 is 28.2 Å². The van der Waals surface area contributed by atoms with Crippen molar-refractivity contribution >= 4 is 41.0 Å². The fourth-order valence-electron chi connectivity index (χ4n) is 3.07. The Morgan fingerprint density at radius 3 is 2.50 bits per heavy atom. The molecule has 32 heavy (non-hydrogen) atoms. The molecule has 0 saturated heterocycles. The van der Waals surface area contributed by atoms with Crippen LogP contribution in [0.5, 0.6) is 5.75 Å². The summed E-state index contributed by atoms with van der Waals surface area (Å²) in [5, 5.41) is 7.09. The highest BCUT2D eigenvalue weighted by Crippen LogP contribution is 2.34. The van der Waals surface area contributed by atoms with E-state index in [9.17, 15) is 18.8 Å². The van der Waals surface area contributed by atoms with Crippen molar-refractivity contribution in [3.8, 4) is 5.75 Å². The fraction of sp³-hybridized carbons (Fsp3) is 0.182. The highest BCUT2D eigenvalue weighted by Gasteiger charge is 2.23. The number of rotatable bonds is 7. The molecule has 2 amide bonds. The number of aromatic nitrogens is 2. The monoisotopic (exact) mass is 440 g/mol. The van der Waals surface area contributed by atoms with Crippen LogP contribution < -0.4 is 15.8 Å². The second-order valence-electron chi connectivity index (χ2n) is 6.59. The zero-order valence-corrected chi connectivity index (χ0v) is 17.4. The summed E-state index contributed by atoms with van der Waals surface area (Å²) in [6.07, 6.45) is 3.24. The molecule has 0 fully saturated rings. The first-order chi connectivity index (χ1) is 15.3. The van der Waals surface area contributed by atoms with Gasteiger partial charge in [-0.25, -0.2) is 14.0 Å². The molecule has 0 aliphatic rings. The van der Waals surface area contributed by atoms with Gasteiger partial charge in [0.05, 0.1) is 23.7 Å². The molecule has 3 rings (SSSR count). The maximum Gasteiger partial charge on any atom is 0.342 e. The summed E-state index contributed by atoms with van der Waals surface area (Å²) < 4.78 is 24.6. The summed E-state index contributed by atoms with van der Waals surface area (Å²) in [6.45, 7) is 1.70. The highest BCUT2D eigenvalue weighted by atomic mass is 19.1. The van der Waals surface area contributed by atoms with Gasteiger partial charge in [-0.2, -0.15) is 9.78 Å². The number of nitrogens with zero attached hydrogens (tertiary/aromatic N) is 2. The number of amides is 2. The van der Waals surface area contributed by atoms with Crippen molar-refractivity contribution in [2.75, 3.05) is 20.3 Å². The molecule has 3 N–H and O–H groups in total. The van der Waals surface area contributed by atoms with Gasteiger partial charge in [-0.15, -0.1) is 0 Å². The lowest BCUT2D eigenvalue weighted by atomic mass is 10.1. The molecule has 0 saturated carbocycles. The zero-order valence-electron chi connectivity index (χ0n) is 17.4. The molecule has 0 bridgehead atoms. The first-order valence-corrected chi connectivity index (χ1v) is 9.62. The van der Waals surface area contributed by atoms with E-state index in [0.29, 0.717) is 28.7 Å². The number of primary amides is 1. The minimum Gasteiger partial charge on any atom is -0.495 e. The largest absolute Gasteiger partial charge is 0.495 e. The molecule has 1 aromatic heterocycles. The number of esters is 1. The standard InChI is InChI=1S/C22H21FN4O5/c1-3-25-18(28)12-32-21(29)15-9-11-17-19(20(15)31-2)16(26-27(17)22(24)30)10-6-13-4-7-14(23)8-5-13/h4-11H,3,12H2,1-2H3,(H2,24,30)(H,25,28). The van der Waals surface area contributed by atoms with Gasteiger partial charge >= 0.3 is 12.0 Å². The van der Waals surface area contributed by atoms with Crippen LogP contribution in [0.3, 0.4) is 0 Å². The molecular weight excluding hydrogens is 419 g/mol. The van der Waals surface area contributed by atoms with E-state index >= 15 is 0 Å². The Morgan fingerprint density at radius 1 is 1.16 bits per heavy atom. The fourth-order valence-corrected chi connectivity index (χ4v) is 3.07. The van der Waals surface area contributed by atoms with Crippen molar-refractivity contribution in [1.82, 2.24) is 15.1 Å². The highest BCUT2D eigenvalue weighted by molar-refractivity contribution is 6.06. The molecule has 0 atom stereocenters. The number of nitrogens with one attached hydrogen (secondary N) is 1. The van der Waals surface area contributed by atoms with Crippen molar-refractivity contribution in [2.45, 2.75) is 6.92 Å². The lowest BCUT2D eigenvalue weighted by Crippen LogP contribution is -2.28. The third-order valence-electron chi connectivity index (χ3n) is 4.47. The maximum absolute atomic E-state index is 13.1. The van der Waals surface area contributed by atoms with E-state index in [-0.39, 0.29) is 17.1 Å². The molecular formula is C22H21FN4O5. The van der Waals surface area contributed by atoms with E-state index in [1.165, 1.54) is 31.4 Å². The molecule has 2 aromatic carbocycles. The minimum atomic E-state index is -0.829. The first kappa shape index (κ1) is 22.5. The summed E-state index contributed by atoms with van der Waals surface area (Å²) in [7, 11) is 1.35. The van der Waals surface area contributed by atoms with Crippen molar-refractivity contribution in [3.05, 3.63) is 59.0 Å². The lowest BCUT2D eigenvalue weighted by molar-refractivity contribution is -0.124. The quantitative estimate of drug-likeness (QED) is 0.544. The molecule has 0 aliphatic carbocycles. The van der Waals surface area contributed by atoms with Gasteiger partial charge < -0.3 is 20.5 Å². The topological polar surface area (TPSA) is 126 Å². The number of methoxy groups -OCH3 is 1. The van der Waals surface area contributed by atoms with E-state index < -0.39 is 24.5 Å². The van der Waals surface area contributed by atoms with Crippen molar-refractivity contribution in [2.24, 2.45) is 5.73 Å². The van der Waals surface area contributed by atoms with Crippen LogP contribution in [0.1, 0.15) is 28.5 Å². The number of halogens is 1. The molecule has 0 spiro atoms. The summed E-state index contributed by atoms with van der Waals surface area (Å²) in [5.74, 6) is -1.49. The van der Waals surface area contributed by atoms with Gasteiger partial charge in [0, 0.05) is 6.54 Å². The van der Waals surface area contributed by atoms with Crippen LogP contribution in [0, 0.1) is 5.82 Å². The predicted octanol–water partition coefficient (Wildman–Crippen LogP) is 2.57. The first-order valence-electron chi connectivity index (χ1n) is 9.62. The molecule has 166 valence electrons. The second kappa shape index (κ2) is 9.73. The number of hydrogen-bond donors (Lipinski definition) is 2. The van der Waals surface area contributed by atoms with Gasteiger partial charge in [0.15, 0.2) is 6.61 Å². The van der Waals surface area contributed by atoms with Crippen LogP contribution in [0.4, 0.5) is 9.18 Å². The Hall–Kier alpha value is -4.21. The third-order valence-corrected chi connectivity index (χ3v) is 4.47. The summed E-state index contributed by atoms with van der Waals surface area (Å²) >= 11 is 0. The Labute approximate surface area is 182 Å². The number of fused-ring (bicyclic) bond motifs is 1. The van der Waals surface area contributed by atoms with E-state index in [1.807, 2.05) is 0 Å². The molecule has 9 nitrogen and oxygen atoms in total. The number of carbonyl (C=O) groups is 3. The van der Waals surface area contributed by atoms with Crippen LogP contribution in [0.15, 0.2) is 36.4 Å². The number of hydrogen-bond acceptors (Lipinski definition) is 6. The van der Waals surface area contributed by atoms with Gasteiger partial charge in [0.1, 0.15) is 17.1 Å². The van der Waals surface area contributed by atoms with Crippen LogP contribution in [-0.2, 0) is 9.53 Å². The molecule has 10 heteroatoms. The number of ether oxygens (including phenoxy) is 2. The Balaban J connectivity index is 2.06. The minimum absolute atomic E-state index is 0.0461. The van der Waals surface area contributed by atoms with E-state index in [4.69, 9.17) is 15.2 Å². The third kappa shape index (κ3) is 4.75. The van der Waals surface area contributed by atoms with Crippen LogP contribution in [-0.4, -0.2) is 47.9 Å². The van der Waals surface area contributed by atoms with Crippen molar-refractivity contribution in [1.29, 1.82) is 0 Å². The van der Waals surface area contributed by atoms with Crippen LogP contribution in [0.25, 0.3) is 23.1 Å². The van der Waals surface area contributed by atoms with E-state index in [2.05, 4.69) is 10.4 Å². The molecule has 0 aliphatic heterocycles. The van der Waals surface area contributed by atoms with Gasteiger partial charge in [0.25, 0.3) is 5.91 Å². The Bertz CT molecular complexity index is 1200. The Kier molecular flexibility index (Phi) is 6.83. The SMILES string of the molecule is CCNC(=O)COC(=O)c1ccc2c(c(C=Cc3ccc(F)cc3)nn2C(N)=O)c1OC. The lowest BCUT2D eigenvalue weighted by Gasteiger charge is -2.10. The van der Waals surface area contributed by atoms with Gasteiger partial charge in [0.2, 0.25) is 0 Å². The van der Waals surface area contributed by atoms with Crippen LogP contribution in [0.2, 0.25) is 0 Å². The maximum atomic E-state index is 13.1. The molecule has 1 heterocycles. The van der Waals surface area contributed by atoms with Gasteiger partial charge in [-0.05, 0) is 42.8 Å². The molecule has 0 unspecified atom stereocenters. The number of carbonyl (C=O) groups excluding carboxylic acids is 3. The van der Waals surface area contributed by atoms with E-state index in [1.54, 1.807) is 31.2 Å². The molecule has 3 aromatic rings. The average molecular weight is 440 g/mol. The average Bonchev–Trinajstić information content (AvgIpc) is 3.16. The van der Waals surface area contributed by atoms with Crippen LogP contribution >= 0.6 is 0 Å². The second-order valence-corrected chi connectivity index (χ2v) is 6.59. The number of nitrogens with two attached hydrogens (primary N) is 1. The smallest absolute Gasteiger partial charge is 0.342 e. The summed E-state index contributed by atoms with van der Waals surface area (Å²) in [5.41, 5.74) is 6.77. The van der Waals surface area contributed by atoms with Gasteiger partial charge in [-0.3, -0.25) is 4.79 Å². The summed E-state index contributed by atoms with van der Waals surface area (Å²) in [4.78, 5) is 36.1. The summed E-state index contributed by atoms with van der Waals surface area (Å²) in [6, 6.07) is 7.81. The number of benzene rings is 2. The zero-order chi connectivity index (χ0) is 23.3. The number of likely N-dealkylation sites (N-methyl/N-ethyl adjacent to an activating group) is 1.